The van der Waals surface area contributed by atoms with Gasteiger partial charge in [-0.3, -0.25) is 9.59 Å². The van der Waals surface area contributed by atoms with Gasteiger partial charge in [-0.15, -0.1) is 0 Å². The Labute approximate surface area is 265 Å². The molecule has 2 aromatic carbocycles. The van der Waals surface area contributed by atoms with E-state index in [1.807, 2.05) is 23.6 Å². The lowest BCUT2D eigenvalue weighted by Crippen LogP contribution is -2.47. The normalized spacial score (nSPS) is 21.6. The van der Waals surface area contributed by atoms with Crippen LogP contribution in [0.4, 0.5) is 0 Å². The number of fused-ring (bicyclic) bond motifs is 1. The van der Waals surface area contributed by atoms with E-state index < -0.39 is 10.0 Å². The molecule has 3 saturated heterocycles. The maximum absolute atomic E-state index is 13.3. The van der Waals surface area contributed by atoms with E-state index in [0.717, 1.165) is 68.9 Å². The Morgan fingerprint density at radius 1 is 0.867 bits per heavy atom. The first-order valence-electron chi connectivity index (χ1n) is 15.8. The van der Waals surface area contributed by atoms with E-state index in [0.29, 0.717) is 30.5 Å². The number of carbonyl (C=O) groups excluding carboxylic acids is 2. The molecular formula is C34H42N6O4S. The fourth-order valence-electron chi connectivity index (χ4n) is 7.61. The number of primary sulfonamides is 1. The third-order valence-corrected chi connectivity index (χ3v) is 11.2. The summed E-state index contributed by atoms with van der Waals surface area (Å²) in [7, 11) is -3.76. The minimum absolute atomic E-state index is 0.00274. The van der Waals surface area contributed by atoms with Crippen molar-refractivity contribution in [1.29, 1.82) is 0 Å². The fraction of sp³-hybridized carbons (Fsp3) is 0.471. The molecule has 2 N–H and O–H groups in total. The van der Waals surface area contributed by atoms with Gasteiger partial charge in [0.15, 0.2) is 0 Å². The monoisotopic (exact) mass is 630 g/mol. The number of carbonyl (C=O) groups is 2. The molecule has 45 heavy (non-hydrogen) atoms. The van der Waals surface area contributed by atoms with Crippen LogP contribution in [0.5, 0.6) is 0 Å². The molecule has 11 heteroatoms. The number of aromatic nitrogens is 2. The van der Waals surface area contributed by atoms with Crippen LogP contribution in [0.25, 0.3) is 0 Å². The predicted octanol–water partition coefficient (Wildman–Crippen LogP) is 2.94. The highest BCUT2D eigenvalue weighted by Crippen LogP contribution is 2.40. The number of piperidine rings is 1. The highest BCUT2D eigenvalue weighted by molar-refractivity contribution is 7.89. The molecule has 238 valence electrons. The highest BCUT2D eigenvalue weighted by Gasteiger charge is 2.43. The van der Waals surface area contributed by atoms with Gasteiger partial charge in [-0.1, -0.05) is 42.5 Å². The standard InChI is InChI=1S/C34H42N6O4S/c1-24-32(25(2)37-23-36-24)33(42)40-21-27-19-38(20-28(27)22-40)15-12-34(29-6-4-3-5-7-29)13-16-39(17-14-34)31(41)18-26-8-10-30(11-9-26)45(35,43)44/h3-11,23,27-28H,12-22H2,1-2H3,(H2,35,43,44). The number of likely N-dealkylation sites (tertiary alicyclic amines) is 3. The third kappa shape index (κ3) is 6.66. The van der Waals surface area contributed by atoms with Crippen LogP contribution in [0, 0.1) is 25.7 Å². The number of rotatable bonds is 8. The van der Waals surface area contributed by atoms with Gasteiger partial charge in [0.1, 0.15) is 6.33 Å². The number of nitrogens with zero attached hydrogens (tertiary/aromatic N) is 5. The number of hydrogen-bond acceptors (Lipinski definition) is 7. The molecule has 4 heterocycles. The average molecular weight is 631 g/mol. The van der Waals surface area contributed by atoms with Crippen molar-refractivity contribution in [3.8, 4) is 0 Å². The number of hydrogen-bond donors (Lipinski definition) is 1. The van der Waals surface area contributed by atoms with E-state index in [2.05, 4.69) is 45.2 Å². The fourth-order valence-corrected chi connectivity index (χ4v) is 8.13. The minimum atomic E-state index is -3.76. The van der Waals surface area contributed by atoms with Crippen molar-refractivity contribution in [1.82, 2.24) is 24.7 Å². The van der Waals surface area contributed by atoms with E-state index in [1.54, 1.807) is 12.1 Å². The molecule has 0 aliphatic carbocycles. The summed E-state index contributed by atoms with van der Waals surface area (Å²) in [6.07, 6.45) is 4.57. The van der Waals surface area contributed by atoms with Gasteiger partial charge in [-0.2, -0.15) is 0 Å². The Kier molecular flexibility index (Phi) is 8.78. The van der Waals surface area contributed by atoms with Crippen molar-refractivity contribution in [2.45, 2.75) is 49.8 Å². The van der Waals surface area contributed by atoms with Crippen molar-refractivity contribution in [2.24, 2.45) is 17.0 Å². The Morgan fingerprint density at radius 3 is 2.04 bits per heavy atom. The Bertz CT molecular complexity index is 1620. The number of amides is 2. The molecule has 1 aromatic heterocycles. The third-order valence-electron chi connectivity index (χ3n) is 10.3. The first kappa shape index (κ1) is 31.3. The summed E-state index contributed by atoms with van der Waals surface area (Å²) in [5.74, 6) is 1.06. The molecule has 2 unspecified atom stereocenters. The zero-order chi connectivity index (χ0) is 31.8. The SMILES string of the molecule is Cc1ncnc(C)c1C(=O)N1CC2CN(CCC3(c4ccccc4)CCN(C(=O)Cc4ccc(S(N)(=O)=O)cc4)CC3)CC2C1. The highest BCUT2D eigenvalue weighted by atomic mass is 32.2. The van der Waals surface area contributed by atoms with Gasteiger partial charge in [0, 0.05) is 39.3 Å². The van der Waals surface area contributed by atoms with Crippen LogP contribution in [0.2, 0.25) is 0 Å². The second kappa shape index (κ2) is 12.6. The second-order valence-electron chi connectivity index (χ2n) is 13.1. The summed E-state index contributed by atoms with van der Waals surface area (Å²) >= 11 is 0. The quantitative estimate of drug-likeness (QED) is 0.405. The lowest BCUT2D eigenvalue weighted by Gasteiger charge is -2.43. The molecule has 0 spiro atoms. The molecule has 3 aromatic rings. The average Bonchev–Trinajstić information content (AvgIpc) is 3.60. The van der Waals surface area contributed by atoms with Crippen LogP contribution in [0.3, 0.4) is 0 Å². The van der Waals surface area contributed by atoms with Crippen molar-refractivity contribution in [3.05, 3.63) is 89.0 Å². The summed E-state index contributed by atoms with van der Waals surface area (Å²) in [4.78, 5) is 41.6. The van der Waals surface area contributed by atoms with E-state index in [9.17, 15) is 18.0 Å². The zero-order valence-corrected chi connectivity index (χ0v) is 26.9. The number of sulfonamides is 1. The number of benzene rings is 2. The van der Waals surface area contributed by atoms with Crippen LogP contribution in [0.15, 0.2) is 65.8 Å². The summed E-state index contributed by atoms with van der Waals surface area (Å²) in [5, 5.41) is 5.21. The van der Waals surface area contributed by atoms with Gasteiger partial charge in [0.05, 0.1) is 28.3 Å². The van der Waals surface area contributed by atoms with Crippen molar-refractivity contribution < 1.29 is 18.0 Å². The molecule has 3 aliphatic rings. The van der Waals surface area contributed by atoms with Crippen molar-refractivity contribution in [3.63, 3.8) is 0 Å². The summed E-state index contributed by atoms with van der Waals surface area (Å²) < 4.78 is 23.1. The van der Waals surface area contributed by atoms with Gasteiger partial charge in [0.25, 0.3) is 5.91 Å². The Morgan fingerprint density at radius 2 is 1.47 bits per heavy atom. The maximum atomic E-state index is 13.3. The lowest BCUT2D eigenvalue weighted by molar-refractivity contribution is -0.132. The van der Waals surface area contributed by atoms with Gasteiger partial charge < -0.3 is 14.7 Å². The molecule has 2 amide bonds. The lowest BCUT2D eigenvalue weighted by atomic mass is 9.70. The van der Waals surface area contributed by atoms with Gasteiger partial charge in [-0.25, -0.2) is 23.5 Å². The summed E-state index contributed by atoms with van der Waals surface area (Å²) in [5.41, 5.74) is 4.23. The number of nitrogens with two attached hydrogens (primary N) is 1. The molecule has 6 rings (SSSR count). The van der Waals surface area contributed by atoms with Crippen LogP contribution in [0.1, 0.15) is 52.1 Å². The second-order valence-corrected chi connectivity index (χ2v) is 14.6. The molecule has 0 saturated carbocycles. The Balaban J connectivity index is 1.05. The first-order chi connectivity index (χ1) is 21.5. The molecule has 0 radical (unpaired) electrons. The largest absolute Gasteiger partial charge is 0.342 e. The first-order valence-corrected chi connectivity index (χ1v) is 17.3. The molecule has 3 fully saturated rings. The van der Waals surface area contributed by atoms with Crippen LogP contribution in [-0.4, -0.2) is 90.7 Å². The van der Waals surface area contributed by atoms with Crippen molar-refractivity contribution >= 4 is 21.8 Å². The Hall–Kier alpha value is -3.67. The molecule has 0 bridgehead atoms. The van der Waals surface area contributed by atoms with Crippen LogP contribution in [-0.2, 0) is 26.7 Å². The van der Waals surface area contributed by atoms with Crippen LogP contribution >= 0.6 is 0 Å². The zero-order valence-electron chi connectivity index (χ0n) is 26.1. The minimum Gasteiger partial charge on any atom is -0.342 e. The number of aryl methyl sites for hydroxylation is 2. The molecular weight excluding hydrogens is 588 g/mol. The maximum Gasteiger partial charge on any atom is 0.257 e. The van der Waals surface area contributed by atoms with E-state index in [-0.39, 0.29) is 28.5 Å². The van der Waals surface area contributed by atoms with Gasteiger partial charge >= 0.3 is 0 Å². The predicted molar refractivity (Wildman–Crippen MR) is 171 cm³/mol. The summed E-state index contributed by atoms with van der Waals surface area (Å²) in [6, 6.07) is 16.9. The van der Waals surface area contributed by atoms with E-state index in [1.165, 1.54) is 24.0 Å². The summed E-state index contributed by atoms with van der Waals surface area (Å²) in [6.45, 7) is 9.67. The van der Waals surface area contributed by atoms with Crippen molar-refractivity contribution in [2.75, 3.05) is 45.8 Å². The van der Waals surface area contributed by atoms with Gasteiger partial charge in [0.2, 0.25) is 15.9 Å². The van der Waals surface area contributed by atoms with E-state index in [4.69, 9.17) is 5.14 Å². The van der Waals surface area contributed by atoms with E-state index >= 15 is 0 Å². The molecule has 2 atom stereocenters. The molecule has 3 aliphatic heterocycles. The van der Waals surface area contributed by atoms with Crippen LogP contribution < -0.4 is 5.14 Å². The smallest absolute Gasteiger partial charge is 0.257 e. The molecule has 10 nitrogen and oxygen atoms in total. The topological polar surface area (TPSA) is 130 Å². The van der Waals surface area contributed by atoms with Gasteiger partial charge in [-0.05, 0) is 80.2 Å².